The van der Waals surface area contributed by atoms with Crippen LogP contribution in [0, 0.1) is 5.92 Å². The Hall–Kier alpha value is -2.89. The van der Waals surface area contributed by atoms with Crippen molar-refractivity contribution in [2.45, 2.75) is 12.8 Å². The zero-order chi connectivity index (χ0) is 17.8. The first-order valence-corrected chi connectivity index (χ1v) is 8.39. The molecule has 1 aliphatic heterocycles. The minimum Gasteiger partial charge on any atom is -0.359 e. The molecule has 0 saturated carbocycles. The zero-order valence-corrected chi connectivity index (χ0v) is 14.1. The van der Waals surface area contributed by atoms with Gasteiger partial charge in [-0.25, -0.2) is 0 Å². The molecule has 1 fully saturated rings. The number of piperidine rings is 1. The second-order valence-electron chi connectivity index (χ2n) is 6.19. The number of H-pyrrole nitrogens is 1. The molecule has 0 aliphatic carbocycles. The Morgan fingerprint density at radius 3 is 2.60 bits per heavy atom. The van der Waals surface area contributed by atoms with Gasteiger partial charge in [0, 0.05) is 25.8 Å². The molecule has 1 aliphatic rings. The predicted molar refractivity (Wildman–Crippen MR) is 95.2 cm³/mol. The second-order valence-corrected chi connectivity index (χ2v) is 6.19. The molecule has 1 atom stereocenters. The lowest BCUT2D eigenvalue weighted by molar-refractivity contribution is -0.125. The average molecular weight is 339 g/mol. The van der Waals surface area contributed by atoms with Crippen molar-refractivity contribution in [3.05, 3.63) is 58.4 Å². The summed E-state index contributed by atoms with van der Waals surface area (Å²) in [5.41, 5.74) is 1.26. The standard InChI is InChI=1S/C19H21N3O3/c1-20-17(23)14-8-5-11-22(12-14)19(25)15-9-10-16(21-18(15)24)13-6-3-2-4-7-13/h2-4,6-7,9-10,14H,5,8,11-12H2,1H3,(H,20,23)(H,21,24)/t14-/m1/s1. The highest BCUT2D eigenvalue weighted by atomic mass is 16.2. The molecule has 0 unspecified atom stereocenters. The molecule has 6 nitrogen and oxygen atoms in total. The number of amides is 2. The molecule has 6 heteroatoms. The Labute approximate surface area is 145 Å². The number of nitrogens with zero attached hydrogens (tertiary/aromatic N) is 1. The summed E-state index contributed by atoms with van der Waals surface area (Å²) < 4.78 is 0. The van der Waals surface area contributed by atoms with Gasteiger partial charge in [0.15, 0.2) is 0 Å². The van der Waals surface area contributed by atoms with Crippen LogP contribution in [0.2, 0.25) is 0 Å². The van der Waals surface area contributed by atoms with Crippen LogP contribution in [-0.4, -0.2) is 41.8 Å². The Morgan fingerprint density at radius 1 is 1.16 bits per heavy atom. The predicted octanol–water partition coefficient (Wildman–Crippen LogP) is 1.64. The number of nitrogens with one attached hydrogen (secondary N) is 2. The van der Waals surface area contributed by atoms with E-state index in [2.05, 4.69) is 10.3 Å². The summed E-state index contributed by atoms with van der Waals surface area (Å²) in [4.78, 5) is 41.3. The Morgan fingerprint density at radius 2 is 1.92 bits per heavy atom. The number of aromatic amines is 1. The largest absolute Gasteiger partial charge is 0.359 e. The molecule has 1 aromatic carbocycles. The summed E-state index contributed by atoms with van der Waals surface area (Å²) >= 11 is 0. The lowest BCUT2D eigenvalue weighted by Gasteiger charge is -2.31. The number of hydrogen-bond acceptors (Lipinski definition) is 3. The fourth-order valence-corrected chi connectivity index (χ4v) is 3.18. The van der Waals surface area contributed by atoms with Crippen molar-refractivity contribution in [1.82, 2.24) is 15.2 Å². The van der Waals surface area contributed by atoms with E-state index in [-0.39, 0.29) is 23.3 Å². The van der Waals surface area contributed by atoms with Gasteiger partial charge in [0.1, 0.15) is 5.56 Å². The molecule has 130 valence electrons. The van der Waals surface area contributed by atoms with E-state index in [9.17, 15) is 14.4 Å². The molecule has 25 heavy (non-hydrogen) atoms. The third kappa shape index (κ3) is 3.63. The van der Waals surface area contributed by atoms with Gasteiger partial charge in [-0.1, -0.05) is 30.3 Å². The number of pyridine rings is 1. The summed E-state index contributed by atoms with van der Waals surface area (Å²) in [6.07, 6.45) is 1.51. The highest BCUT2D eigenvalue weighted by Gasteiger charge is 2.29. The number of likely N-dealkylation sites (tertiary alicyclic amines) is 1. The first-order valence-electron chi connectivity index (χ1n) is 8.39. The van der Waals surface area contributed by atoms with Crippen LogP contribution in [0.1, 0.15) is 23.2 Å². The molecular formula is C19H21N3O3. The molecule has 3 rings (SSSR count). The third-order valence-electron chi connectivity index (χ3n) is 4.55. The highest BCUT2D eigenvalue weighted by Crippen LogP contribution is 2.19. The molecule has 2 aromatic rings. The average Bonchev–Trinajstić information content (AvgIpc) is 2.67. The molecular weight excluding hydrogens is 318 g/mol. The van der Waals surface area contributed by atoms with Crippen molar-refractivity contribution in [3.63, 3.8) is 0 Å². The van der Waals surface area contributed by atoms with E-state index < -0.39 is 5.56 Å². The van der Waals surface area contributed by atoms with E-state index in [4.69, 9.17) is 0 Å². The molecule has 2 N–H and O–H groups in total. The maximum atomic E-state index is 12.7. The second kappa shape index (κ2) is 7.34. The van der Waals surface area contributed by atoms with Crippen LogP contribution in [0.15, 0.2) is 47.3 Å². The number of benzene rings is 1. The van der Waals surface area contributed by atoms with E-state index in [0.717, 1.165) is 18.4 Å². The number of carbonyl (C=O) groups is 2. The zero-order valence-electron chi connectivity index (χ0n) is 14.1. The van der Waals surface area contributed by atoms with Gasteiger partial charge in [-0.15, -0.1) is 0 Å². The maximum absolute atomic E-state index is 12.7. The van der Waals surface area contributed by atoms with Crippen LogP contribution >= 0.6 is 0 Å². The molecule has 2 heterocycles. The van der Waals surface area contributed by atoms with Crippen LogP contribution in [0.25, 0.3) is 11.3 Å². The van der Waals surface area contributed by atoms with Crippen molar-refractivity contribution in [3.8, 4) is 11.3 Å². The van der Waals surface area contributed by atoms with Gasteiger partial charge in [-0.2, -0.15) is 0 Å². The van der Waals surface area contributed by atoms with Crippen molar-refractivity contribution in [2.75, 3.05) is 20.1 Å². The van der Waals surface area contributed by atoms with E-state index in [1.807, 2.05) is 30.3 Å². The highest BCUT2D eigenvalue weighted by molar-refractivity contribution is 5.94. The van der Waals surface area contributed by atoms with E-state index in [1.54, 1.807) is 24.1 Å². The summed E-state index contributed by atoms with van der Waals surface area (Å²) in [5.74, 6) is -0.606. The summed E-state index contributed by atoms with van der Waals surface area (Å²) in [6, 6.07) is 12.8. The number of hydrogen-bond donors (Lipinski definition) is 2. The first-order chi connectivity index (χ1) is 12.1. The van der Waals surface area contributed by atoms with Gasteiger partial charge in [0.05, 0.1) is 5.92 Å². The molecule has 0 spiro atoms. The fraction of sp³-hybridized carbons (Fsp3) is 0.316. The Balaban J connectivity index is 1.81. The monoisotopic (exact) mass is 339 g/mol. The van der Waals surface area contributed by atoms with Crippen LogP contribution in [0.3, 0.4) is 0 Å². The minimum absolute atomic E-state index is 0.0640. The van der Waals surface area contributed by atoms with Gasteiger partial charge in [0.25, 0.3) is 11.5 Å². The van der Waals surface area contributed by atoms with E-state index >= 15 is 0 Å². The first kappa shape index (κ1) is 17.0. The maximum Gasteiger partial charge on any atom is 0.261 e. The van der Waals surface area contributed by atoms with Crippen LogP contribution in [0.4, 0.5) is 0 Å². The van der Waals surface area contributed by atoms with Crippen molar-refractivity contribution >= 4 is 11.8 Å². The van der Waals surface area contributed by atoms with Crippen LogP contribution in [0.5, 0.6) is 0 Å². The van der Waals surface area contributed by atoms with E-state index in [0.29, 0.717) is 18.8 Å². The van der Waals surface area contributed by atoms with Gasteiger partial charge >= 0.3 is 0 Å². The smallest absolute Gasteiger partial charge is 0.261 e. The summed E-state index contributed by atoms with van der Waals surface area (Å²) in [6.45, 7) is 0.907. The molecule has 1 aromatic heterocycles. The van der Waals surface area contributed by atoms with Crippen LogP contribution in [-0.2, 0) is 4.79 Å². The van der Waals surface area contributed by atoms with Gasteiger partial charge in [-0.3, -0.25) is 14.4 Å². The Kier molecular flexibility index (Phi) is 4.97. The van der Waals surface area contributed by atoms with Crippen LogP contribution < -0.4 is 10.9 Å². The normalized spacial score (nSPS) is 17.2. The van der Waals surface area contributed by atoms with Gasteiger partial charge in [0.2, 0.25) is 5.91 Å². The van der Waals surface area contributed by atoms with Gasteiger partial charge in [-0.05, 0) is 30.5 Å². The number of rotatable bonds is 3. The van der Waals surface area contributed by atoms with Crippen molar-refractivity contribution < 1.29 is 9.59 Å². The SMILES string of the molecule is CNC(=O)[C@@H]1CCCN(C(=O)c2ccc(-c3ccccc3)[nH]c2=O)C1. The molecule has 0 radical (unpaired) electrons. The molecule has 0 bridgehead atoms. The number of aromatic nitrogens is 1. The quantitative estimate of drug-likeness (QED) is 0.892. The van der Waals surface area contributed by atoms with Crippen molar-refractivity contribution in [1.29, 1.82) is 0 Å². The lowest BCUT2D eigenvalue weighted by Crippen LogP contribution is -2.45. The molecule has 1 saturated heterocycles. The lowest BCUT2D eigenvalue weighted by atomic mass is 9.96. The topological polar surface area (TPSA) is 82.3 Å². The number of carbonyl (C=O) groups excluding carboxylic acids is 2. The van der Waals surface area contributed by atoms with E-state index in [1.165, 1.54) is 0 Å². The fourth-order valence-electron chi connectivity index (χ4n) is 3.18. The minimum atomic E-state index is -0.409. The summed E-state index contributed by atoms with van der Waals surface area (Å²) in [5, 5.41) is 2.63. The molecule has 2 amide bonds. The summed E-state index contributed by atoms with van der Waals surface area (Å²) in [7, 11) is 1.59. The third-order valence-corrected chi connectivity index (χ3v) is 4.55. The van der Waals surface area contributed by atoms with Crippen molar-refractivity contribution in [2.24, 2.45) is 5.92 Å². The van der Waals surface area contributed by atoms with Gasteiger partial charge < -0.3 is 15.2 Å². The Bertz CT molecular complexity index is 829.